The molecule has 0 fully saturated rings. The van der Waals surface area contributed by atoms with Gasteiger partial charge >= 0.3 is 6.18 Å². The lowest BCUT2D eigenvalue weighted by molar-refractivity contribution is -0.384. The predicted octanol–water partition coefficient (Wildman–Crippen LogP) is 6.51. The molecule has 3 nitrogen and oxygen atoms in total. The number of hydrogen-bond acceptors (Lipinski definition) is 3. The fourth-order valence-corrected chi connectivity index (χ4v) is 3.37. The third kappa shape index (κ3) is 4.00. The Bertz CT molecular complexity index is 945. The average molecular weight is 375 g/mol. The predicted molar refractivity (Wildman–Crippen MR) is 96.8 cm³/mol. The molecule has 0 saturated carbocycles. The van der Waals surface area contributed by atoms with Crippen molar-refractivity contribution in [3.05, 3.63) is 86.1 Å². The second-order valence-electron chi connectivity index (χ2n) is 5.44. The summed E-state index contributed by atoms with van der Waals surface area (Å²) in [6.45, 7) is 0. The van der Waals surface area contributed by atoms with Gasteiger partial charge in [0.1, 0.15) is 4.88 Å². The van der Waals surface area contributed by atoms with Gasteiger partial charge in [-0.2, -0.15) is 13.2 Å². The lowest BCUT2D eigenvalue weighted by Crippen LogP contribution is -2.03. The van der Waals surface area contributed by atoms with Crippen LogP contribution in [0.5, 0.6) is 0 Å². The zero-order chi connectivity index (χ0) is 18.7. The number of non-ortho nitro benzene ring substituents is 1. The summed E-state index contributed by atoms with van der Waals surface area (Å²) in [4.78, 5) is 9.94. The summed E-state index contributed by atoms with van der Waals surface area (Å²) < 4.78 is 40.1. The number of benzene rings is 2. The smallest absolute Gasteiger partial charge is 0.258 e. The van der Waals surface area contributed by atoms with E-state index in [0.29, 0.717) is 27.3 Å². The highest BCUT2D eigenvalue weighted by Gasteiger charge is 2.36. The van der Waals surface area contributed by atoms with E-state index < -0.39 is 16.0 Å². The molecule has 3 rings (SSSR count). The van der Waals surface area contributed by atoms with Gasteiger partial charge in [0, 0.05) is 22.6 Å². The van der Waals surface area contributed by atoms with Crippen molar-refractivity contribution in [2.45, 2.75) is 6.18 Å². The van der Waals surface area contributed by atoms with Crippen molar-refractivity contribution in [3.8, 4) is 11.1 Å². The molecule has 0 spiro atoms. The molecule has 0 aliphatic heterocycles. The van der Waals surface area contributed by atoms with Crippen LogP contribution in [0.1, 0.15) is 15.3 Å². The average Bonchev–Trinajstić information content (AvgIpc) is 3.06. The van der Waals surface area contributed by atoms with Gasteiger partial charge < -0.3 is 0 Å². The zero-order valence-electron chi connectivity index (χ0n) is 13.2. The summed E-state index contributed by atoms with van der Waals surface area (Å²) in [6.07, 6.45) is -1.23. The molecule has 0 aliphatic rings. The van der Waals surface area contributed by atoms with Crippen LogP contribution in [0.4, 0.5) is 18.9 Å². The lowest BCUT2D eigenvalue weighted by atomic mass is 10.1. The van der Waals surface area contributed by atoms with Crippen LogP contribution in [0.2, 0.25) is 0 Å². The third-order valence-corrected chi connectivity index (χ3v) is 4.78. The lowest BCUT2D eigenvalue weighted by Gasteiger charge is -2.07. The molecule has 1 heterocycles. The highest BCUT2D eigenvalue weighted by Crippen LogP contribution is 2.43. The fraction of sp³-hybridized carbons (Fsp3) is 0.0526. The topological polar surface area (TPSA) is 43.1 Å². The maximum Gasteiger partial charge on any atom is 0.426 e. The number of hydrogen-bond donors (Lipinski definition) is 0. The van der Waals surface area contributed by atoms with Crippen LogP contribution >= 0.6 is 11.3 Å². The van der Waals surface area contributed by atoms with E-state index in [2.05, 4.69) is 0 Å². The van der Waals surface area contributed by atoms with Crippen molar-refractivity contribution in [2.75, 3.05) is 0 Å². The maximum absolute atomic E-state index is 13.4. The summed E-state index contributed by atoms with van der Waals surface area (Å²) in [5, 5.41) is 10.6. The summed E-state index contributed by atoms with van der Waals surface area (Å²) >= 11 is 0.669. The fourth-order valence-electron chi connectivity index (χ4n) is 2.42. The van der Waals surface area contributed by atoms with Gasteiger partial charge in [-0.05, 0) is 35.4 Å². The molecule has 0 radical (unpaired) electrons. The third-order valence-electron chi connectivity index (χ3n) is 3.64. The van der Waals surface area contributed by atoms with Crippen LogP contribution in [0.25, 0.3) is 23.3 Å². The minimum atomic E-state index is -4.44. The molecule has 0 saturated heterocycles. The molecule has 0 amide bonds. The van der Waals surface area contributed by atoms with Crippen LogP contribution in [0.15, 0.2) is 60.7 Å². The molecule has 1 aromatic heterocycles. The van der Waals surface area contributed by atoms with Crippen molar-refractivity contribution in [1.29, 1.82) is 0 Å². The van der Waals surface area contributed by atoms with Crippen LogP contribution in [0, 0.1) is 10.1 Å². The summed E-state index contributed by atoms with van der Waals surface area (Å²) in [5.41, 5.74) is 1.28. The number of rotatable bonds is 4. The first-order chi connectivity index (χ1) is 12.3. The first-order valence-electron chi connectivity index (χ1n) is 7.53. The Hall–Kier alpha value is -2.93. The van der Waals surface area contributed by atoms with Gasteiger partial charge in [-0.3, -0.25) is 10.1 Å². The van der Waals surface area contributed by atoms with E-state index in [4.69, 9.17) is 0 Å². The van der Waals surface area contributed by atoms with Crippen LogP contribution in [-0.2, 0) is 6.18 Å². The molecule has 0 atom stereocenters. The van der Waals surface area contributed by atoms with Crippen LogP contribution in [0.3, 0.4) is 0 Å². The van der Waals surface area contributed by atoms with Gasteiger partial charge in [0.05, 0.1) is 4.92 Å². The molecule has 132 valence electrons. The Morgan fingerprint density at radius 1 is 0.962 bits per heavy atom. The number of halogens is 3. The first-order valence-corrected chi connectivity index (χ1v) is 8.35. The van der Waals surface area contributed by atoms with Gasteiger partial charge in [-0.1, -0.05) is 36.4 Å². The van der Waals surface area contributed by atoms with Gasteiger partial charge in [-0.25, -0.2) is 0 Å². The SMILES string of the molecule is O=[N+]([O-])c1ccc(/C=C/c2cc(-c3ccccc3)c(C(F)(F)F)s2)cc1. The molecule has 3 aromatic rings. The molecule has 0 aliphatic carbocycles. The van der Waals surface area contributed by atoms with Gasteiger partial charge in [0.2, 0.25) is 0 Å². The number of thiophene rings is 1. The zero-order valence-corrected chi connectivity index (χ0v) is 14.1. The Kier molecular flexibility index (Phi) is 4.90. The van der Waals surface area contributed by atoms with E-state index in [1.54, 1.807) is 54.6 Å². The minimum Gasteiger partial charge on any atom is -0.258 e. The van der Waals surface area contributed by atoms with Crippen LogP contribution in [-0.4, -0.2) is 4.92 Å². The van der Waals surface area contributed by atoms with E-state index in [-0.39, 0.29) is 11.3 Å². The van der Waals surface area contributed by atoms with E-state index in [1.165, 1.54) is 18.2 Å². The second kappa shape index (κ2) is 7.13. The van der Waals surface area contributed by atoms with E-state index >= 15 is 0 Å². The molecule has 0 bridgehead atoms. The van der Waals surface area contributed by atoms with E-state index in [9.17, 15) is 23.3 Å². The minimum absolute atomic E-state index is 0.0380. The molecule has 2 aromatic carbocycles. The van der Waals surface area contributed by atoms with Crippen molar-refractivity contribution >= 4 is 29.2 Å². The van der Waals surface area contributed by atoms with Crippen molar-refractivity contribution < 1.29 is 18.1 Å². The van der Waals surface area contributed by atoms with Crippen molar-refractivity contribution in [1.82, 2.24) is 0 Å². The number of nitro benzene ring substituents is 1. The Balaban J connectivity index is 1.93. The molecule has 0 N–H and O–H groups in total. The summed E-state index contributed by atoms with van der Waals surface area (Å²) in [7, 11) is 0. The summed E-state index contributed by atoms with van der Waals surface area (Å²) in [5.74, 6) is 0. The Morgan fingerprint density at radius 3 is 2.19 bits per heavy atom. The van der Waals surface area contributed by atoms with Crippen molar-refractivity contribution in [3.63, 3.8) is 0 Å². The van der Waals surface area contributed by atoms with Crippen LogP contribution < -0.4 is 0 Å². The maximum atomic E-state index is 13.4. The summed E-state index contributed by atoms with van der Waals surface area (Å²) in [6, 6.07) is 15.7. The Morgan fingerprint density at radius 2 is 1.62 bits per heavy atom. The van der Waals surface area contributed by atoms with Gasteiger partial charge in [0.25, 0.3) is 5.69 Å². The largest absolute Gasteiger partial charge is 0.426 e. The molecular formula is C19H12F3NO2S. The normalized spacial score (nSPS) is 11.8. The van der Waals surface area contributed by atoms with E-state index in [1.807, 2.05) is 0 Å². The number of nitrogens with zero attached hydrogens (tertiary/aromatic N) is 1. The second-order valence-corrected chi connectivity index (χ2v) is 6.52. The highest BCUT2D eigenvalue weighted by molar-refractivity contribution is 7.13. The standard InChI is InChI=1S/C19H12F3NO2S/c20-19(21,22)18-17(14-4-2-1-3-5-14)12-16(26-18)11-8-13-6-9-15(10-7-13)23(24)25/h1-12H/b11-8+. The highest BCUT2D eigenvalue weighted by atomic mass is 32.1. The number of alkyl halides is 3. The molecular weight excluding hydrogens is 363 g/mol. The van der Waals surface area contributed by atoms with E-state index in [0.717, 1.165) is 0 Å². The molecule has 7 heteroatoms. The quantitative estimate of drug-likeness (QED) is 0.385. The molecule has 26 heavy (non-hydrogen) atoms. The first kappa shape index (κ1) is 17.9. The van der Waals surface area contributed by atoms with Crippen molar-refractivity contribution in [2.24, 2.45) is 0 Å². The Labute approximate surface area is 151 Å². The number of nitro groups is 1. The molecule has 0 unspecified atom stereocenters. The monoisotopic (exact) mass is 375 g/mol. The van der Waals surface area contributed by atoms with Gasteiger partial charge in [-0.15, -0.1) is 11.3 Å². The van der Waals surface area contributed by atoms with Gasteiger partial charge in [0.15, 0.2) is 0 Å².